The third-order valence-electron chi connectivity index (χ3n) is 7.57. The van der Waals surface area contributed by atoms with E-state index < -0.39 is 17.7 Å². The van der Waals surface area contributed by atoms with Crippen LogP contribution in [0.1, 0.15) is 77.7 Å². The average molecular weight is 667 g/mol. The van der Waals surface area contributed by atoms with E-state index in [2.05, 4.69) is 35.9 Å². The van der Waals surface area contributed by atoms with Gasteiger partial charge in [-0.15, -0.1) is 0 Å². The monoisotopic (exact) mass is 666 g/mol. The van der Waals surface area contributed by atoms with Crippen molar-refractivity contribution in [2.75, 3.05) is 37.4 Å². The Bertz CT molecular complexity index is 1590. The van der Waals surface area contributed by atoms with E-state index in [0.29, 0.717) is 59.0 Å². The van der Waals surface area contributed by atoms with Crippen LogP contribution in [-0.2, 0) is 9.53 Å². The van der Waals surface area contributed by atoms with Gasteiger partial charge in [0.05, 0.1) is 28.9 Å². The van der Waals surface area contributed by atoms with E-state index in [1.165, 1.54) is 23.9 Å². The minimum absolute atomic E-state index is 0.0541. The molecule has 2 heterocycles. The lowest BCUT2D eigenvalue weighted by atomic mass is 9.96. The molecule has 0 spiro atoms. The molecule has 0 atom stereocenters. The number of carbonyl (C=O) groups excluding carboxylic acids is 2. The molecule has 2 aromatic heterocycles. The Labute approximate surface area is 279 Å². The molecule has 1 saturated carbocycles. The van der Waals surface area contributed by atoms with E-state index in [1.54, 1.807) is 25.2 Å². The second kappa shape index (κ2) is 16.7. The van der Waals surface area contributed by atoms with E-state index >= 15 is 0 Å². The van der Waals surface area contributed by atoms with E-state index in [1.807, 2.05) is 20.8 Å². The largest absolute Gasteiger partial charge is 0.494 e. The summed E-state index contributed by atoms with van der Waals surface area (Å²) in [5.74, 6) is -0.264. The number of nitrogens with one attached hydrogen (secondary N) is 4. The highest BCUT2D eigenvalue weighted by Gasteiger charge is 2.20. The number of benzene rings is 1. The number of H-pyrrole nitrogens is 1. The van der Waals surface area contributed by atoms with Crippen LogP contribution in [-0.4, -0.2) is 92.8 Å². The molecule has 0 aliphatic heterocycles. The number of carboxylic acid groups (broad SMARTS) is 1. The molecule has 48 heavy (non-hydrogen) atoms. The summed E-state index contributed by atoms with van der Waals surface area (Å²) in [5, 5.41) is 29.4. The van der Waals surface area contributed by atoms with Crippen molar-refractivity contribution in [3.8, 4) is 11.6 Å². The lowest BCUT2D eigenvalue weighted by Gasteiger charge is -2.24. The zero-order valence-electron chi connectivity index (χ0n) is 28.0. The second-order valence-corrected chi connectivity index (χ2v) is 12.7. The number of amides is 3. The average Bonchev–Trinajstić information content (AvgIpc) is 3.36. The maximum absolute atomic E-state index is 12.8. The number of ether oxygens (including phenoxy) is 2. The summed E-state index contributed by atoms with van der Waals surface area (Å²) in [6.07, 6.45) is 8.50. The lowest BCUT2D eigenvalue weighted by molar-refractivity contribution is -0.137. The number of aliphatic imine (C=N–C) groups is 1. The van der Waals surface area contributed by atoms with Gasteiger partial charge in [0.25, 0.3) is 0 Å². The van der Waals surface area contributed by atoms with Gasteiger partial charge in [-0.2, -0.15) is 0 Å². The number of hydrogen-bond donors (Lipinski definition) is 6. The minimum atomic E-state index is -0.924. The first-order chi connectivity index (χ1) is 22.9. The van der Waals surface area contributed by atoms with Gasteiger partial charge in [-0.25, -0.2) is 19.6 Å². The molecule has 1 aromatic carbocycles. The summed E-state index contributed by atoms with van der Waals surface area (Å²) in [6.45, 7) is 6.51. The second-order valence-electron chi connectivity index (χ2n) is 12.7. The maximum atomic E-state index is 12.8. The molecule has 1 aliphatic rings. The highest BCUT2D eigenvalue weighted by Crippen LogP contribution is 2.32. The fourth-order valence-electron chi connectivity index (χ4n) is 5.20. The Balaban J connectivity index is 1.47. The number of aromatic hydroxyl groups is 1. The van der Waals surface area contributed by atoms with Crippen LogP contribution >= 0.6 is 0 Å². The van der Waals surface area contributed by atoms with Crippen LogP contribution < -0.4 is 20.7 Å². The number of anilines is 2. The Morgan fingerprint density at radius 2 is 1.92 bits per heavy atom. The number of urea groups is 1. The third-order valence-corrected chi connectivity index (χ3v) is 7.57. The number of nitrogens with zero attached hydrogens (tertiary/aromatic N) is 4. The molecule has 3 aromatic rings. The Hall–Kier alpha value is -5.08. The van der Waals surface area contributed by atoms with Crippen LogP contribution in [0.3, 0.4) is 0 Å². The standard InChI is InChI=1S/C33H46N8O7/c1-33(2,3)48-32(46)41(4)16-9-15-34-28-27-23(30(44)40-29(27)37-20-36-28)19-35-22-13-14-24(25(18-22)47-17-8-12-26(42)43)39-31(45)38-21-10-6-5-7-11-21/h13-14,18-21,44H,5-12,15-17H2,1-4H3,(H,42,43)(H2,38,39,45)(H2,34,36,37,40). The van der Waals surface area contributed by atoms with Crippen LogP contribution in [0.2, 0.25) is 0 Å². The summed E-state index contributed by atoms with van der Waals surface area (Å²) in [5.41, 5.74) is 1.07. The van der Waals surface area contributed by atoms with Gasteiger partial charge in [0, 0.05) is 44.9 Å². The van der Waals surface area contributed by atoms with Crippen LogP contribution in [0.25, 0.3) is 11.0 Å². The zero-order valence-corrected chi connectivity index (χ0v) is 28.0. The molecule has 0 saturated heterocycles. The summed E-state index contributed by atoms with van der Waals surface area (Å²) in [7, 11) is 1.68. The van der Waals surface area contributed by atoms with E-state index in [-0.39, 0.29) is 37.4 Å². The molecule has 15 heteroatoms. The summed E-state index contributed by atoms with van der Waals surface area (Å²) >= 11 is 0. The highest BCUT2D eigenvalue weighted by molar-refractivity contribution is 6.06. The van der Waals surface area contributed by atoms with Gasteiger partial charge in [0.1, 0.15) is 29.1 Å². The van der Waals surface area contributed by atoms with E-state index in [4.69, 9.17) is 14.6 Å². The van der Waals surface area contributed by atoms with Crippen molar-refractivity contribution in [2.45, 2.75) is 83.8 Å². The summed E-state index contributed by atoms with van der Waals surface area (Å²) in [4.78, 5) is 53.5. The fourth-order valence-corrected chi connectivity index (χ4v) is 5.20. The quantitative estimate of drug-likeness (QED) is 0.0904. The summed E-state index contributed by atoms with van der Waals surface area (Å²) < 4.78 is 11.3. The number of carboxylic acids is 1. The van der Waals surface area contributed by atoms with Gasteiger partial charge in [-0.05, 0) is 58.6 Å². The topological polar surface area (TPSA) is 203 Å². The van der Waals surface area contributed by atoms with Crippen LogP contribution in [0.15, 0.2) is 29.5 Å². The fraction of sp³-hybridized carbons (Fsp3) is 0.515. The zero-order chi connectivity index (χ0) is 34.7. The molecule has 0 radical (unpaired) electrons. The number of fused-ring (bicyclic) bond motifs is 1. The van der Waals surface area contributed by atoms with Crippen molar-refractivity contribution < 1.29 is 34.1 Å². The van der Waals surface area contributed by atoms with Crippen molar-refractivity contribution in [2.24, 2.45) is 4.99 Å². The molecular formula is C33H46N8O7. The molecule has 1 fully saturated rings. The van der Waals surface area contributed by atoms with Gasteiger partial charge in [0.2, 0.25) is 0 Å². The van der Waals surface area contributed by atoms with Crippen molar-refractivity contribution in [3.63, 3.8) is 0 Å². The first-order valence-corrected chi connectivity index (χ1v) is 16.2. The maximum Gasteiger partial charge on any atom is 0.410 e. The van der Waals surface area contributed by atoms with Crippen molar-refractivity contribution in [1.29, 1.82) is 0 Å². The van der Waals surface area contributed by atoms with Crippen molar-refractivity contribution in [3.05, 3.63) is 30.1 Å². The first kappa shape index (κ1) is 35.8. The van der Waals surface area contributed by atoms with Gasteiger partial charge in [-0.3, -0.25) is 9.79 Å². The lowest BCUT2D eigenvalue weighted by Crippen LogP contribution is -2.39. The molecule has 0 unspecified atom stereocenters. The Kier molecular flexibility index (Phi) is 12.4. The van der Waals surface area contributed by atoms with Crippen molar-refractivity contribution in [1.82, 2.24) is 25.2 Å². The minimum Gasteiger partial charge on any atom is -0.494 e. The normalized spacial score (nSPS) is 13.8. The third kappa shape index (κ3) is 10.7. The molecule has 1 aliphatic carbocycles. The molecule has 0 bridgehead atoms. The molecule has 4 rings (SSSR count). The van der Waals surface area contributed by atoms with Crippen LogP contribution in [0.4, 0.5) is 26.8 Å². The molecular weight excluding hydrogens is 620 g/mol. The number of aromatic amines is 1. The first-order valence-electron chi connectivity index (χ1n) is 16.2. The van der Waals surface area contributed by atoms with Crippen LogP contribution in [0, 0.1) is 0 Å². The molecule has 260 valence electrons. The van der Waals surface area contributed by atoms with Crippen molar-refractivity contribution >= 4 is 52.5 Å². The number of carbonyl (C=O) groups is 3. The van der Waals surface area contributed by atoms with Gasteiger partial charge in [-0.1, -0.05) is 19.3 Å². The number of aromatic nitrogens is 3. The number of aliphatic carboxylic acids is 1. The van der Waals surface area contributed by atoms with Gasteiger partial charge >= 0.3 is 18.1 Å². The Morgan fingerprint density at radius 1 is 1.15 bits per heavy atom. The number of hydrogen-bond acceptors (Lipinski definition) is 10. The molecule has 6 N–H and O–H groups in total. The predicted molar refractivity (Wildman–Crippen MR) is 183 cm³/mol. The van der Waals surface area contributed by atoms with E-state index in [9.17, 15) is 19.5 Å². The number of rotatable bonds is 14. The SMILES string of the molecule is CN(CCCNc1ncnc2[nH]c(O)c(C=Nc3ccc(NC(=O)NC4CCCCC4)c(OCCCC(=O)O)c3)c12)C(=O)OC(C)(C)C. The van der Waals surface area contributed by atoms with Crippen LogP contribution in [0.5, 0.6) is 11.6 Å². The van der Waals surface area contributed by atoms with Gasteiger partial charge < -0.3 is 45.5 Å². The Morgan fingerprint density at radius 3 is 2.65 bits per heavy atom. The highest BCUT2D eigenvalue weighted by atomic mass is 16.6. The van der Waals surface area contributed by atoms with E-state index in [0.717, 1.165) is 25.7 Å². The predicted octanol–water partition coefficient (Wildman–Crippen LogP) is 5.78. The molecule has 3 amide bonds. The smallest absolute Gasteiger partial charge is 0.410 e. The van der Waals surface area contributed by atoms with Gasteiger partial charge in [0.15, 0.2) is 5.88 Å². The summed E-state index contributed by atoms with van der Waals surface area (Å²) in [6, 6.07) is 4.77. The molecule has 15 nitrogen and oxygen atoms in total.